The van der Waals surface area contributed by atoms with Crippen molar-refractivity contribution < 1.29 is 28.2 Å². The van der Waals surface area contributed by atoms with E-state index in [9.17, 15) is 14.0 Å². The molecule has 1 aliphatic rings. The van der Waals surface area contributed by atoms with Crippen LogP contribution in [-0.4, -0.2) is 51.1 Å². The fourth-order valence-electron chi connectivity index (χ4n) is 4.52. The third-order valence-electron chi connectivity index (χ3n) is 6.50. The Morgan fingerprint density at radius 1 is 0.889 bits per heavy atom. The van der Waals surface area contributed by atoms with Crippen LogP contribution in [-0.2, 0) is 11.3 Å². The maximum Gasteiger partial charge on any atom is 0.253 e. The number of hydrogen-bond donors (Lipinski definition) is 1. The number of likely N-dealkylation sites (tertiary alicyclic amines) is 1. The summed E-state index contributed by atoms with van der Waals surface area (Å²) in [7, 11) is 4.72. The highest BCUT2D eigenvalue weighted by molar-refractivity contribution is 5.95. The van der Waals surface area contributed by atoms with Crippen molar-refractivity contribution in [3.8, 4) is 17.2 Å². The van der Waals surface area contributed by atoms with Gasteiger partial charge in [0.25, 0.3) is 5.91 Å². The molecule has 188 valence electrons. The van der Waals surface area contributed by atoms with Gasteiger partial charge in [-0.25, -0.2) is 4.39 Å². The summed E-state index contributed by atoms with van der Waals surface area (Å²) in [6, 6.07) is 18.3. The van der Waals surface area contributed by atoms with Crippen LogP contribution in [0.5, 0.6) is 17.2 Å². The molecule has 2 amide bonds. The standard InChI is InChI=1S/C28H29FN2O5/c1-34-21-10-6-19(7-11-21)28(33)31-16-24(23-14-22(35-2)12-13-26(23)36-3)25(17-31)27(32)30-15-18-4-8-20(29)9-5-18/h4-14,24-25H,15-17H2,1-3H3,(H,30,32)/t24-,25+/m0/s1. The molecule has 0 unspecified atom stereocenters. The van der Waals surface area contributed by atoms with Crippen molar-refractivity contribution >= 4 is 11.8 Å². The summed E-state index contributed by atoms with van der Waals surface area (Å²) in [5.74, 6) is 0.382. The van der Waals surface area contributed by atoms with E-state index in [-0.39, 0.29) is 36.6 Å². The van der Waals surface area contributed by atoms with Crippen LogP contribution in [0.25, 0.3) is 0 Å². The minimum atomic E-state index is -0.520. The molecule has 0 spiro atoms. The van der Waals surface area contributed by atoms with Gasteiger partial charge in [-0.1, -0.05) is 12.1 Å². The largest absolute Gasteiger partial charge is 0.497 e. The van der Waals surface area contributed by atoms with Gasteiger partial charge in [0, 0.05) is 36.7 Å². The van der Waals surface area contributed by atoms with E-state index in [0.29, 0.717) is 29.4 Å². The maximum atomic E-state index is 13.4. The number of hydrogen-bond acceptors (Lipinski definition) is 5. The Bertz CT molecular complexity index is 1210. The number of methoxy groups -OCH3 is 3. The second-order valence-electron chi connectivity index (χ2n) is 8.60. The molecule has 3 aromatic carbocycles. The van der Waals surface area contributed by atoms with Gasteiger partial charge >= 0.3 is 0 Å². The monoisotopic (exact) mass is 492 g/mol. The van der Waals surface area contributed by atoms with Crippen molar-refractivity contribution in [1.82, 2.24) is 10.2 Å². The van der Waals surface area contributed by atoms with Crippen LogP contribution in [0.2, 0.25) is 0 Å². The first kappa shape index (κ1) is 25.0. The Labute approximate surface area is 209 Å². The lowest BCUT2D eigenvalue weighted by atomic mass is 9.87. The van der Waals surface area contributed by atoms with Crippen LogP contribution in [0.4, 0.5) is 4.39 Å². The van der Waals surface area contributed by atoms with Gasteiger partial charge in [-0.15, -0.1) is 0 Å². The first-order valence-corrected chi connectivity index (χ1v) is 11.6. The number of amides is 2. The van der Waals surface area contributed by atoms with Crippen molar-refractivity contribution in [3.05, 3.63) is 89.2 Å². The molecule has 8 heteroatoms. The minimum absolute atomic E-state index is 0.168. The number of carbonyl (C=O) groups excluding carboxylic acids is 2. The molecule has 0 saturated carbocycles. The third-order valence-corrected chi connectivity index (χ3v) is 6.50. The minimum Gasteiger partial charge on any atom is -0.497 e. The molecule has 1 saturated heterocycles. The van der Waals surface area contributed by atoms with E-state index in [4.69, 9.17) is 14.2 Å². The zero-order valence-electron chi connectivity index (χ0n) is 20.5. The summed E-state index contributed by atoms with van der Waals surface area (Å²) >= 11 is 0. The summed E-state index contributed by atoms with van der Waals surface area (Å²) in [5, 5.41) is 2.95. The van der Waals surface area contributed by atoms with E-state index >= 15 is 0 Å². The first-order valence-electron chi connectivity index (χ1n) is 11.6. The first-order chi connectivity index (χ1) is 17.4. The van der Waals surface area contributed by atoms with Crippen LogP contribution >= 0.6 is 0 Å². The summed E-state index contributed by atoms with van der Waals surface area (Å²) in [5.41, 5.74) is 2.09. The highest BCUT2D eigenvalue weighted by Crippen LogP contribution is 2.40. The summed E-state index contributed by atoms with van der Waals surface area (Å²) in [6.45, 7) is 0.832. The number of halogens is 1. The number of benzene rings is 3. The molecule has 0 aromatic heterocycles. The van der Waals surface area contributed by atoms with Gasteiger partial charge < -0.3 is 24.4 Å². The zero-order valence-corrected chi connectivity index (χ0v) is 20.5. The van der Waals surface area contributed by atoms with E-state index in [1.807, 2.05) is 6.07 Å². The predicted octanol–water partition coefficient (Wildman–Crippen LogP) is 4.02. The van der Waals surface area contributed by atoms with Crippen LogP contribution in [0.3, 0.4) is 0 Å². The quantitative estimate of drug-likeness (QED) is 0.514. The van der Waals surface area contributed by atoms with Gasteiger partial charge in [-0.05, 0) is 60.2 Å². The van der Waals surface area contributed by atoms with Crippen LogP contribution in [0.1, 0.15) is 27.4 Å². The van der Waals surface area contributed by atoms with Gasteiger partial charge in [-0.2, -0.15) is 0 Å². The topological polar surface area (TPSA) is 77.1 Å². The second kappa shape index (κ2) is 11.1. The normalized spacial score (nSPS) is 16.9. The average Bonchev–Trinajstić information content (AvgIpc) is 3.37. The van der Waals surface area contributed by atoms with Gasteiger partial charge in [0.05, 0.1) is 27.2 Å². The van der Waals surface area contributed by atoms with Crippen molar-refractivity contribution in [1.29, 1.82) is 0 Å². The van der Waals surface area contributed by atoms with E-state index in [1.165, 1.54) is 12.1 Å². The molecule has 1 N–H and O–H groups in total. The zero-order chi connectivity index (χ0) is 25.7. The Morgan fingerprint density at radius 3 is 2.19 bits per heavy atom. The molecule has 0 radical (unpaired) electrons. The molecule has 0 aliphatic carbocycles. The van der Waals surface area contributed by atoms with Gasteiger partial charge in [-0.3, -0.25) is 9.59 Å². The van der Waals surface area contributed by atoms with Crippen LogP contribution in [0, 0.1) is 11.7 Å². The number of carbonyl (C=O) groups is 2. The lowest BCUT2D eigenvalue weighted by molar-refractivity contribution is -0.125. The molecule has 4 rings (SSSR count). The Kier molecular flexibility index (Phi) is 7.73. The molecule has 1 aliphatic heterocycles. The third kappa shape index (κ3) is 5.43. The number of nitrogens with zero attached hydrogens (tertiary/aromatic N) is 1. The van der Waals surface area contributed by atoms with E-state index in [2.05, 4.69) is 5.32 Å². The highest BCUT2D eigenvalue weighted by atomic mass is 19.1. The summed E-state index contributed by atoms with van der Waals surface area (Å²) < 4.78 is 29.4. The molecular weight excluding hydrogens is 463 g/mol. The maximum absolute atomic E-state index is 13.4. The SMILES string of the molecule is COc1ccc(C(=O)N2C[C@@H](C(=O)NCc3ccc(F)cc3)[C@H](c3cc(OC)ccc3OC)C2)cc1. The molecule has 2 atom stereocenters. The van der Waals surface area contributed by atoms with Gasteiger partial charge in [0.15, 0.2) is 0 Å². The lowest BCUT2D eigenvalue weighted by Crippen LogP contribution is -2.35. The average molecular weight is 493 g/mol. The Morgan fingerprint density at radius 2 is 1.56 bits per heavy atom. The molecule has 0 bridgehead atoms. The van der Waals surface area contributed by atoms with E-state index in [0.717, 1.165) is 11.1 Å². The van der Waals surface area contributed by atoms with E-state index in [1.54, 1.807) is 74.8 Å². The molecule has 7 nitrogen and oxygen atoms in total. The number of ether oxygens (including phenoxy) is 3. The molecule has 3 aromatic rings. The Hall–Kier alpha value is -4.07. The molecular formula is C28H29FN2O5. The molecule has 36 heavy (non-hydrogen) atoms. The van der Waals surface area contributed by atoms with Gasteiger partial charge in [0.2, 0.25) is 5.91 Å². The van der Waals surface area contributed by atoms with Crippen molar-refractivity contribution in [2.75, 3.05) is 34.4 Å². The van der Waals surface area contributed by atoms with E-state index < -0.39 is 5.92 Å². The number of nitrogens with one attached hydrogen (secondary N) is 1. The van der Waals surface area contributed by atoms with Crippen molar-refractivity contribution in [2.24, 2.45) is 5.92 Å². The van der Waals surface area contributed by atoms with Crippen LogP contribution in [0.15, 0.2) is 66.7 Å². The van der Waals surface area contributed by atoms with Crippen molar-refractivity contribution in [2.45, 2.75) is 12.5 Å². The Balaban J connectivity index is 1.61. The van der Waals surface area contributed by atoms with Crippen molar-refractivity contribution in [3.63, 3.8) is 0 Å². The lowest BCUT2D eigenvalue weighted by Gasteiger charge is -2.21. The van der Waals surface area contributed by atoms with Crippen LogP contribution < -0.4 is 19.5 Å². The fourth-order valence-corrected chi connectivity index (χ4v) is 4.52. The van der Waals surface area contributed by atoms with Gasteiger partial charge in [0.1, 0.15) is 23.1 Å². The smallest absolute Gasteiger partial charge is 0.253 e. The summed E-state index contributed by atoms with van der Waals surface area (Å²) in [4.78, 5) is 28.4. The fraction of sp³-hybridized carbons (Fsp3) is 0.286. The second-order valence-corrected chi connectivity index (χ2v) is 8.60. The molecule has 1 heterocycles. The predicted molar refractivity (Wildman–Crippen MR) is 133 cm³/mol. The number of rotatable bonds is 8. The molecule has 1 fully saturated rings. The highest BCUT2D eigenvalue weighted by Gasteiger charge is 2.42. The summed E-state index contributed by atoms with van der Waals surface area (Å²) in [6.07, 6.45) is 0.